The molecule has 1 rings (SSSR count). The number of nitrogens with two attached hydrogens (primary N) is 1. The van der Waals surface area contributed by atoms with Crippen LogP contribution in [0.25, 0.3) is 0 Å². The molecule has 0 fully saturated rings. The lowest BCUT2D eigenvalue weighted by Gasteiger charge is -2.34. The van der Waals surface area contributed by atoms with Gasteiger partial charge in [-0.3, -0.25) is 9.59 Å². The van der Waals surface area contributed by atoms with Crippen LogP contribution in [0, 0.1) is 11.3 Å². The Bertz CT molecular complexity index is 372. The van der Waals surface area contributed by atoms with E-state index >= 15 is 0 Å². The molecule has 0 atom stereocenters. The highest BCUT2D eigenvalue weighted by Crippen LogP contribution is 2.28. The van der Waals surface area contributed by atoms with E-state index in [0.717, 1.165) is 12.2 Å². The van der Waals surface area contributed by atoms with E-state index in [4.69, 9.17) is 5.73 Å². The SMILES string of the molecule is CC(C)C(=O)N1CCNC=C1CC(C)(C)C(N)=O. The topological polar surface area (TPSA) is 75.4 Å². The average Bonchev–Trinajstić information content (AvgIpc) is 2.28. The molecule has 1 aliphatic heterocycles. The number of nitrogens with one attached hydrogen (secondary N) is 1. The highest BCUT2D eigenvalue weighted by atomic mass is 16.2. The Morgan fingerprint density at radius 1 is 1.50 bits per heavy atom. The number of amides is 2. The zero-order valence-electron chi connectivity index (χ0n) is 11.6. The predicted octanol–water partition coefficient (Wildman–Crippen LogP) is 0.817. The van der Waals surface area contributed by atoms with Gasteiger partial charge < -0.3 is 16.0 Å². The Hall–Kier alpha value is -1.52. The maximum atomic E-state index is 12.1. The molecule has 1 heterocycles. The Kier molecular flexibility index (Phi) is 4.38. The molecule has 1 aliphatic rings. The average molecular weight is 253 g/mol. The Labute approximate surface area is 108 Å². The lowest BCUT2D eigenvalue weighted by molar-refractivity contribution is -0.134. The summed E-state index contributed by atoms with van der Waals surface area (Å²) >= 11 is 0. The molecule has 0 saturated carbocycles. The van der Waals surface area contributed by atoms with E-state index in [-0.39, 0.29) is 17.7 Å². The summed E-state index contributed by atoms with van der Waals surface area (Å²) in [7, 11) is 0. The molecule has 0 radical (unpaired) electrons. The standard InChI is InChI=1S/C13H23N3O2/c1-9(2)11(17)16-6-5-15-8-10(16)7-13(3,4)12(14)18/h8-9,15H,5-7H2,1-4H3,(H2,14,18). The summed E-state index contributed by atoms with van der Waals surface area (Å²) < 4.78 is 0. The van der Waals surface area contributed by atoms with Crippen LogP contribution < -0.4 is 11.1 Å². The van der Waals surface area contributed by atoms with Crippen molar-refractivity contribution in [2.45, 2.75) is 34.1 Å². The Morgan fingerprint density at radius 3 is 2.61 bits per heavy atom. The molecule has 0 unspecified atom stereocenters. The second kappa shape index (κ2) is 5.42. The van der Waals surface area contributed by atoms with Gasteiger partial charge in [0.05, 0.1) is 0 Å². The number of nitrogens with zero attached hydrogens (tertiary/aromatic N) is 1. The lowest BCUT2D eigenvalue weighted by atomic mass is 9.86. The van der Waals surface area contributed by atoms with Gasteiger partial charge in [0.2, 0.25) is 11.8 Å². The first-order valence-electron chi connectivity index (χ1n) is 6.29. The molecule has 0 aromatic heterocycles. The molecule has 0 aromatic carbocycles. The molecule has 18 heavy (non-hydrogen) atoms. The molecular formula is C13H23N3O2. The van der Waals surface area contributed by atoms with Gasteiger partial charge in [-0.15, -0.1) is 0 Å². The summed E-state index contributed by atoms with van der Waals surface area (Å²) in [6.07, 6.45) is 2.28. The molecule has 0 aliphatic carbocycles. The van der Waals surface area contributed by atoms with Crippen molar-refractivity contribution in [3.05, 3.63) is 11.9 Å². The van der Waals surface area contributed by atoms with Crippen molar-refractivity contribution in [3.63, 3.8) is 0 Å². The van der Waals surface area contributed by atoms with Crippen molar-refractivity contribution in [2.75, 3.05) is 13.1 Å². The number of hydrogen-bond acceptors (Lipinski definition) is 3. The van der Waals surface area contributed by atoms with Gasteiger partial charge in [-0.2, -0.15) is 0 Å². The smallest absolute Gasteiger partial charge is 0.229 e. The number of hydrogen-bond donors (Lipinski definition) is 2. The van der Waals surface area contributed by atoms with Gasteiger partial charge in [0.25, 0.3) is 0 Å². The maximum absolute atomic E-state index is 12.1. The molecule has 2 amide bonds. The minimum Gasteiger partial charge on any atom is -0.388 e. The van der Waals surface area contributed by atoms with Crippen LogP contribution in [0.3, 0.4) is 0 Å². The molecule has 5 nitrogen and oxygen atoms in total. The quantitative estimate of drug-likeness (QED) is 0.778. The van der Waals surface area contributed by atoms with E-state index in [2.05, 4.69) is 5.32 Å². The van der Waals surface area contributed by atoms with E-state index in [1.807, 2.05) is 20.0 Å². The molecule has 5 heteroatoms. The van der Waals surface area contributed by atoms with Crippen molar-refractivity contribution >= 4 is 11.8 Å². The van der Waals surface area contributed by atoms with Crippen LogP contribution in [0.1, 0.15) is 34.1 Å². The fourth-order valence-corrected chi connectivity index (χ4v) is 1.84. The predicted molar refractivity (Wildman–Crippen MR) is 70.2 cm³/mol. The van der Waals surface area contributed by atoms with Gasteiger partial charge >= 0.3 is 0 Å². The summed E-state index contributed by atoms with van der Waals surface area (Å²) in [5.41, 5.74) is 5.56. The van der Waals surface area contributed by atoms with Crippen LogP contribution in [0.15, 0.2) is 11.9 Å². The third-order valence-corrected chi connectivity index (χ3v) is 3.15. The number of primary amides is 1. The fourth-order valence-electron chi connectivity index (χ4n) is 1.84. The normalized spacial score (nSPS) is 16.3. The second-order valence-electron chi connectivity index (χ2n) is 5.66. The summed E-state index contributed by atoms with van der Waals surface area (Å²) in [6.45, 7) is 8.71. The Balaban J connectivity index is 2.87. The minimum absolute atomic E-state index is 0.0526. The van der Waals surface area contributed by atoms with Crippen LogP contribution >= 0.6 is 0 Å². The third kappa shape index (κ3) is 3.24. The highest BCUT2D eigenvalue weighted by Gasteiger charge is 2.31. The van der Waals surface area contributed by atoms with Crippen LogP contribution in [-0.4, -0.2) is 29.8 Å². The lowest BCUT2D eigenvalue weighted by Crippen LogP contribution is -2.44. The summed E-state index contributed by atoms with van der Waals surface area (Å²) in [5.74, 6) is -0.322. The van der Waals surface area contributed by atoms with Gasteiger partial charge in [0.15, 0.2) is 0 Å². The van der Waals surface area contributed by atoms with Crippen molar-refractivity contribution in [1.29, 1.82) is 0 Å². The van der Waals surface area contributed by atoms with Crippen LogP contribution in [-0.2, 0) is 9.59 Å². The van der Waals surface area contributed by atoms with Crippen LogP contribution in [0.5, 0.6) is 0 Å². The maximum Gasteiger partial charge on any atom is 0.229 e. The van der Waals surface area contributed by atoms with E-state index in [0.29, 0.717) is 13.0 Å². The monoisotopic (exact) mass is 253 g/mol. The molecule has 0 bridgehead atoms. The van der Waals surface area contributed by atoms with Crippen molar-refractivity contribution in [1.82, 2.24) is 10.2 Å². The van der Waals surface area contributed by atoms with Crippen molar-refractivity contribution in [2.24, 2.45) is 17.1 Å². The zero-order valence-corrected chi connectivity index (χ0v) is 11.6. The number of allylic oxidation sites excluding steroid dienone is 1. The zero-order chi connectivity index (χ0) is 13.9. The van der Waals surface area contributed by atoms with Crippen molar-refractivity contribution in [3.8, 4) is 0 Å². The second-order valence-corrected chi connectivity index (χ2v) is 5.66. The molecular weight excluding hydrogens is 230 g/mol. The van der Waals surface area contributed by atoms with E-state index in [1.54, 1.807) is 18.7 Å². The molecule has 3 N–H and O–H groups in total. The summed E-state index contributed by atoms with van der Waals surface area (Å²) in [4.78, 5) is 25.2. The van der Waals surface area contributed by atoms with Gasteiger partial charge in [0.1, 0.15) is 0 Å². The number of rotatable bonds is 4. The molecule has 0 saturated heterocycles. The molecule has 0 spiro atoms. The van der Waals surface area contributed by atoms with Crippen molar-refractivity contribution < 1.29 is 9.59 Å². The minimum atomic E-state index is -0.652. The molecule has 102 valence electrons. The van der Waals surface area contributed by atoms with E-state index in [9.17, 15) is 9.59 Å². The first-order chi connectivity index (χ1) is 8.25. The van der Waals surface area contributed by atoms with Gasteiger partial charge in [0, 0.05) is 42.7 Å². The highest BCUT2D eigenvalue weighted by molar-refractivity contribution is 5.82. The Morgan fingerprint density at radius 2 is 2.11 bits per heavy atom. The largest absolute Gasteiger partial charge is 0.388 e. The van der Waals surface area contributed by atoms with Crippen LogP contribution in [0.2, 0.25) is 0 Å². The van der Waals surface area contributed by atoms with E-state index < -0.39 is 5.41 Å². The fraction of sp³-hybridized carbons (Fsp3) is 0.692. The third-order valence-electron chi connectivity index (χ3n) is 3.15. The molecule has 0 aromatic rings. The van der Waals surface area contributed by atoms with Gasteiger partial charge in [-0.25, -0.2) is 0 Å². The summed E-state index contributed by atoms with van der Waals surface area (Å²) in [5, 5.41) is 3.11. The number of carbonyl (C=O) groups excluding carboxylic acids is 2. The van der Waals surface area contributed by atoms with Gasteiger partial charge in [-0.1, -0.05) is 27.7 Å². The van der Waals surface area contributed by atoms with Crippen LogP contribution in [0.4, 0.5) is 0 Å². The summed E-state index contributed by atoms with van der Waals surface area (Å²) in [6, 6.07) is 0. The number of carbonyl (C=O) groups is 2. The first-order valence-corrected chi connectivity index (χ1v) is 6.29. The van der Waals surface area contributed by atoms with E-state index in [1.165, 1.54) is 0 Å². The van der Waals surface area contributed by atoms with Gasteiger partial charge in [-0.05, 0) is 0 Å². The first kappa shape index (κ1) is 14.5.